The summed E-state index contributed by atoms with van der Waals surface area (Å²) >= 11 is 0. The lowest BCUT2D eigenvalue weighted by Gasteiger charge is -2.18. The van der Waals surface area contributed by atoms with Gasteiger partial charge in [0.2, 0.25) is 17.6 Å². The van der Waals surface area contributed by atoms with E-state index in [1.807, 2.05) is 0 Å². The quantitative estimate of drug-likeness (QED) is 0.850. The van der Waals surface area contributed by atoms with E-state index in [-0.39, 0.29) is 12.3 Å². The van der Waals surface area contributed by atoms with E-state index in [0.29, 0.717) is 24.7 Å². The molecule has 7 nitrogen and oxygen atoms in total. The second kappa shape index (κ2) is 6.94. The molecule has 1 unspecified atom stereocenters. The summed E-state index contributed by atoms with van der Waals surface area (Å²) in [4.78, 5) is 21.5. The van der Waals surface area contributed by atoms with Crippen molar-refractivity contribution < 1.29 is 14.4 Å². The molecule has 0 saturated heterocycles. The number of hydrogen-bond donors (Lipinski definition) is 1. The number of rotatable bonds is 6. The van der Waals surface area contributed by atoms with Crippen LogP contribution in [-0.4, -0.2) is 50.7 Å². The molecule has 7 heteroatoms. The zero-order valence-corrected chi connectivity index (χ0v) is 12.1. The molecule has 2 aromatic rings. The molecular formula is C14H18N4O3. The Kier molecular flexibility index (Phi) is 4.99. The Morgan fingerprint density at radius 2 is 2.14 bits per heavy atom. The van der Waals surface area contributed by atoms with Crippen molar-refractivity contribution >= 4 is 5.91 Å². The number of carbonyl (C=O) groups is 1. The molecule has 0 aliphatic carbocycles. The van der Waals surface area contributed by atoms with Gasteiger partial charge in [-0.15, -0.1) is 0 Å². The van der Waals surface area contributed by atoms with Gasteiger partial charge in [0.25, 0.3) is 0 Å². The maximum Gasteiger partial charge on any atom is 0.227 e. The van der Waals surface area contributed by atoms with Gasteiger partial charge in [0.05, 0.1) is 6.10 Å². The van der Waals surface area contributed by atoms with E-state index >= 15 is 0 Å². The minimum absolute atomic E-state index is 0.0699. The number of carbonyl (C=O) groups excluding carboxylic acids is 1. The van der Waals surface area contributed by atoms with E-state index in [1.54, 1.807) is 38.5 Å². The molecule has 0 saturated carbocycles. The van der Waals surface area contributed by atoms with Gasteiger partial charge in [-0.05, 0) is 19.1 Å². The van der Waals surface area contributed by atoms with E-state index in [9.17, 15) is 9.90 Å². The zero-order chi connectivity index (χ0) is 15.2. The third-order valence-corrected chi connectivity index (χ3v) is 2.92. The molecule has 0 fully saturated rings. The maximum atomic E-state index is 11.8. The van der Waals surface area contributed by atoms with Gasteiger partial charge in [0.1, 0.15) is 0 Å². The fraction of sp³-hybridized carbons (Fsp3) is 0.429. The second-order valence-electron chi connectivity index (χ2n) is 4.87. The van der Waals surface area contributed by atoms with Crippen LogP contribution >= 0.6 is 0 Å². The second-order valence-corrected chi connectivity index (χ2v) is 4.87. The van der Waals surface area contributed by atoms with Gasteiger partial charge in [-0.25, -0.2) is 0 Å². The van der Waals surface area contributed by atoms with Crippen LogP contribution in [0.5, 0.6) is 0 Å². The highest BCUT2D eigenvalue weighted by molar-refractivity contribution is 5.76. The molecule has 1 atom stereocenters. The molecule has 0 bridgehead atoms. The van der Waals surface area contributed by atoms with Crippen LogP contribution in [0.15, 0.2) is 29.0 Å². The fourth-order valence-corrected chi connectivity index (χ4v) is 1.88. The highest BCUT2D eigenvalue weighted by Gasteiger charge is 2.14. The average molecular weight is 290 g/mol. The number of pyridine rings is 1. The Hall–Kier alpha value is -2.28. The van der Waals surface area contributed by atoms with Crippen molar-refractivity contribution in [3.8, 4) is 11.4 Å². The Bertz CT molecular complexity index is 583. The van der Waals surface area contributed by atoms with Crippen LogP contribution in [0.3, 0.4) is 0 Å². The smallest absolute Gasteiger partial charge is 0.227 e. The summed E-state index contributed by atoms with van der Waals surface area (Å²) in [5.41, 5.74) is 0.817. The summed E-state index contributed by atoms with van der Waals surface area (Å²) in [6, 6.07) is 3.58. The lowest BCUT2D eigenvalue weighted by Crippen LogP contribution is -2.33. The normalized spacial score (nSPS) is 12.1. The van der Waals surface area contributed by atoms with Gasteiger partial charge >= 0.3 is 0 Å². The Morgan fingerprint density at radius 1 is 1.43 bits per heavy atom. The van der Waals surface area contributed by atoms with Crippen molar-refractivity contribution in [2.75, 3.05) is 13.6 Å². The molecule has 21 heavy (non-hydrogen) atoms. The van der Waals surface area contributed by atoms with E-state index in [1.165, 1.54) is 4.90 Å². The molecule has 1 N–H and O–H groups in total. The summed E-state index contributed by atoms with van der Waals surface area (Å²) in [5, 5.41) is 13.1. The molecule has 0 radical (unpaired) electrons. The highest BCUT2D eigenvalue weighted by atomic mass is 16.5. The lowest BCUT2D eigenvalue weighted by atomic mass is 10.2. The number of likely N-dealkylation sites (N-methyl/N-ethyl adjacent to an activating group) is 1. The van der Waals surface area contributed by atoms with E-state index < -0.39 is 6.10 Å². The predicted octanol–water partition coefficient (Wildman–Crippen LogP) is 0.903. The first kappa shape index (κ1) is 15.1. The molecule has 2 rings (SSSR count). The first-order valence-electron chi connectivity index (χ1n) is 6.71. The van der Waals surface area contributed by atoms with Gasteiger partial charge in [-0.1, -0.05) is 5.16 Å². The summed E-state index contributed by atoms with van der Waals surface area (Å²) in [5.74, 6) is 0.831. The molecule has 112 valence electrons. The lowest BCUT2D eigenvalue weighted by molar-refractivity contribution is -0.131. The summed E-state index contributed by atoms with van der Waals surface area (Å²) in [7, 11) is 1.66. The predicted molar refractivity (Wildman–Crippen MR) is 75.2 cm³/mol. The minimum atomic E-state index is -0.541. The average Bonchev–Trinajstić information content (AvgIpc) is 2.94. The van der Waals surface area contributed by atoms with Crippen molar-refractivity contribution in [3.63, 3.8) is 0 Å². The first-order valence-corrected chi connectivity index (χ1v) is 6.71. The molecular weight excluding hydrogens is 272 g/mol. The standard InChI is InChI=1S/C14H18N4O3/c1-10(19)9-18(2)13(20)4-3-12-16-14(17-21-12)11-5-7-15-8-6-11/h5-8,10,19H,3-4,9H2,1-2H3. The van der Waals surface area contributed by atoms with Crippen LogP contribution in [0.1, 0.15) is 19.2 Å². The maximum absolute atomic E-state index is 11.8. The van der Waals surface area contributed by atoms with E-state index in [0.717, 1.165) is 5.56 Å². The third kappa shape index (κ3) is 4.35. The van der Waals surface area contributed by atoms with Crippen LogP contribution in [0.4, 0.5) is 0 Å². The van der Waals surface area contributed by atoms with Gasteiger partial charge in [-0.3, -0.25) is 9.78 Å². The summed E-state index contributed by atoms with van der Waals surface area (Å²) < 4.78 is 5.13. The number of aliphatic hydroxyl groups excluding tert-OH is 1. The van der Waals surface area contributed by atoms with E-state index in [4.69, 9.17) is 4.52 Å². The molecule has 0 aliphatic heterocycles. The van der Waals surface area contributed by atoms with Crippen LogP contribution in [0.2, 0.25) is 0 Å². The monoisotopic (exact) mass is 290 g/mol. The first-order chi connectivity index (χ1) is 10.1. The summed E-state index contributed by atoms with van der Waals surface area (Å²) in [6.07, 6.45) is 3.41. The number of aromatic nitrogens is 3. The topological polar surface area (TPSA) is 92.3 Å². The zero-order valence-electron chi connectivity index (χ0n) is 12.1. The van der Waals surface area contributed by atoms with Crippen molar-refractivity contribution in [2.45, 2.75) is 25.9 Å². The van der Waals surface area contributed by atoms with Gasteiger partial charge in [-0.2, -0.15) is 4.98 Å². The molecule has 0 aromatic carbocycles. The van der Waals surface area contributed by atoms with E-state index in [2.05, 4.69) is 15.1 Å². The van der Waals surface area contributed by atoms with Crippen molar-refractivity contribution in [2.24, 2.45) is 0 Å². The van der Waals surface area contributed by atoms with Crippen LogP contribution in [0.25, 0.3) is 11.4 Å². The number of aliphatic hydroxyl groups is 1. The van der Waals surface area contributed by atoms with Gasteiger partial charge in [0, 0.05) is 44.4 Å². The molecule has 1 amide bonds. The van der Waals surface area contributed by atoms with Crippen LogP contribution < -0.4 is 0 Å². The Balaban J connectivity index is 1.90. The van der Waals surface area contributed by atoms with Gasteiger partial charge in [0.15, 0.2) is 0 Å². The molecule has 0 spiro atoms. The molecule has 2 aromatic heterocycles. The number of nitrogens with zero attached hydrogens (tertiary/aromatic N) is 4. The van der Waals surface area contributed by atoms with Crippen molar-refractivity contribution in [1.82, 2.24) is 20.0 Å². The number of hydrogen-bond acceptors (Lipinski definition) is 6. The van der Waals surface area contributed by atoms with Crippen LogP contribution in [0, 0.1) is 0 Å². The fourth-order valence-electron chi connectivity index (χ4n) is 1.88. The Morgan fingerprint density at radius 3 is 2.81 bits per heavy atom. The largest absolute Gasteiger partial charge is 0.392 e. The van der Waals surface area contributed by atoms with Crippen LogP contribution in [-0.2, 0) is 11.2 Å². The van der Waals surface area contributed by atoms with Crippen molar-refractivity contribution in [1.29, 1.82) is 0 Å². The molecule has 0 aliphatic rings. The number of amides is 1. The highest BCUT2D eigenvalue weighted by Crippen LogP contribution is 2.14. The molecule has 2 heterocycles. The minimum Gasteiger partial charge on any atom is -0.392 e. The number of aryl methyl sites for hydroxylation is 1. The SMILES string of the molecule is CC(O)CN(C)C(=O)CCc1nc(-c2ccncc2)no1. The third-order valence-electron chi connectivity index (χ3n) is 2.92. The Labute approximate surface area is 122 Å². The summed E-state index contributed by atoms with van der Waals surface area (Å²) in [6.45, 7) is 1.95. The van der Waals surface area contributed by atoms with Crippen molar-refractivity contribution in [3.05, 3.63) is 30.4 Å². The van der Waals surface area contributed by atoms with Gasteiger partial charge < -0.3 is 14.5 Å².